The molecule has 2 heterocycles. The van der Waals surface area contributed by atoms with E-state index in [0.29, 0.717) is 27.6 Å². The summed E-state index contributed by atoms with van der Waals surface area (Å²) in [5.74, 6) is -0.351. The fourth-order valence-electron chi connectivity index (χ4n) is 4.58. The molecule has 3 aromatic carbocycles. The zero-order valence-corrected chi connectivity index (χ0v) is 24.4. The first-order chi connectivity index (χ1) is 20.6. The number of alkyl halides is 3. The van der Waals surface area contributed by atoms with Crippen LogP contribution in [0.4, 0.5) is 13.2 Å². The second-order valence-corrected chi connectivity index (χ2v) is 10.7. The molecule has 0 aliphatic carbocycles. The van der Waals surface area contributed by atoms with E-state index < -0.39 is 35.0 Å². The third-order valence-corrected chi connectivity index (χ3v) is 7.74. The predicted octanol–water partition coefficient (Wildman–Crippen LogP) is 5.58. The molecule has 7 nitrogen and oxygen atoms in total. The lowest BCUT2D eigenvalue weighted by Crippen LogP contribution is -2.41. The largest absolute Gasteiger partial charge is 0.493 e. The molecule has 1 aliphatic rings. The number of fused-ring (bicyclic) bond motifs is 1. The molecule has 0 bridgehead atoms. The summed E-state index contributed by atoms with van der Waals surface area (Å²) in [4.78, 5) is 30.3. The number of carbonyl (C=O) groups is 1. The van der Waals surface area contributed by atoms with E-state index in [-0.39, 0.29) is 22.5 Å². The van der Waals surface area contributed by atoms with Gasteiger partial charge in [-0.05, 0) is 54.0 Å². The van der Waals surface area contributed by atoms with Gasteiger partial charge in [0.2, 0.25) is 0 Å². The van der Waals surface area contributed by atoms with Crippen molar-refractivity contribution in [1.82, 2.24) is 4.57 Å². The minimum Gasteiger partial charge on any atom is -0.493 e. The maximum atomic E-state index is 14.3. The van der Waals surface area contributed by atoms with Gasteiger partial charge in [-0.3, -0.25) is 9.36 Å². The van der Waals surface area contributed by atoms with Crippen molar-refractivity contribution in [3.8, 4) is 11.5 Å². The summed E-state index contributed by atoms with van der Waals surface area (Å²) >= 11 is 6.73. The Morgan fingerprint density at radius 2 is 1.79 bits per heavy atom. The number of hydrogen-bond acceptors (Lipinski definition) is 7. The topological polar surface area (TPSA) is 79.1 Å². The van der Waals surface area contributed by atoms with Crippen LogP contribution in [0, 0.1) is 0 Å². The molecule has 0 amide bonds. The van der Waals surface area contributed by atoms with E-state index in [1.54, 1.807) is 60.7 Å². The van der Waals surface area contributed by atoms with Crippen LogP contribution in [0.2, 0.25) is 5.02 Å². The lowest BCUT2D eigenvalue weighted by molar-refractivity contribution is -0.140. The maximum absolute atomic E-state index is 14.3. The van der Waals surface area contributed by atoms with Gasteiger partial charge >= 0.3 is 12.1 Å². The Morgan fingerprint density at radius 1 is 1.07 bits per heavy atom. The van der Waals surface area contributed by atoms with Crippen LogP contribution in [-0.4, -0.2) is 30.4 Å². The number of rotatable bonds is 8. The molecule has 43 heavy (non-hydrogen) atoms. The van der Waals surface area contributed by atoms with Gasteiger partial charge in [-0.25, -0.2) is 9.79 Å². The Morgan fingerprint density at radius 3 is 2.44 bits per heavy atom. The Bertz CT molecular complexity index is 1870. The van der Waals surface area contributed by atoms with Crippen LogP contribution >= 0.6 is 22.9 Å². The van der Waals surface area contributed by atoms with E-state index in [1.807, 2.05) is 12.1 Å². The number of aromatic nitrogens is 1. The molecule has 222 valence electrons. The van der Waals surface area contributed by atoms with Crippen molar-refractivity contribution in [3.05, 3.63) is 125 Å². The van der Waals surface area contributed by atoms with Gasteiger partial charge in [-0.2, -0.15) is 13.2 Å². The Hall–Kier alpha value is -4.35. The quantitative estimate of drug-likeness (QED) is 0.238. The molecule has 0 saturated heterocycles. The second-order valence-electron chi connectivity index (χ2n) is 9.30. The summed E-state index contributed by atoms with van der Waals surface area (Å²) < 4.78 is 60.4. The molecule has 4 aromatic rings. The van der Waals surface area contributed by atoms with Gasteiger partial charge in [0.1, 0.15) is 6.61 Å². The number of benzene rings is 3. The van der Waals surface area contributed by atoms with Gasteiger partial charge in [-0.1, -0.05) is 71.5 Å². The SMILES string of the molecule is CCOC(=O)C1=C(C(F)(F)F)N=c2sc(=Cc3ccc(OCc4ccc(Cl)cc4)c(OC)c3)c(=O)n2[C@H]1c1ccccc1. The van der Waals surface area contributed by atoms with Gasteiger partial charge in [0.05, 0.1) is 29.9 Å². The second kappa shape index (κ2) is 12.5. The van der Waals surface area contributed by atoms with Gasteiger partial charge in [0, 0.05) is 5.02 Å². The van der Waals surface area contributed by atoms with Gasteiger partial charge in [-0.15, -0.1) is 0 Å². The van der Waals surface area contributed by atoms with E-state index in [1.165, 1.54) is 20.1 Å². The average Bonchev–Trinajstić information content (AvgIpc) is 3.30. The van der Waals surface area contributed by atoms with Crippen LogP contribution in [0.1, 0.15) is 29.7 Å². The molecule has 1 aromatic heterocycles. The van der Waals surface area contributed by atoms with Crippen LogP contribution in [0.25, 0.3) is 6.08 Å². The van der Waals surface area contributed by atoms with Crippen LogP contribution < -0.4 is 24.4 Å². The molecule has 0 fully saturated rings. The summed E-state index contributed by atoms with van der Waals surface area (Å²) in [5, 5.41) is 0.609. The first kappa shape index (κ1) is 30.1. The van der Waals surface area contributed by atoms with Crippen LogP contribution in [0.5, 0.6) is 11.5 Å². The number of hydrogen-bond donors (Lipinski definition) is 0. The number of ether oxygens (including phenoxy) is 3. The van der Waals surface area contributed by atoms with Crippen molar-refractivity contribution in [3.63, 3.8) is 0 Å². The summed E-state index contributed by atoms with van der Waals surface area (Å²) in [6, 6.07) is 18.8. The minimum atomic E-state index is -4.97. The number of allylic oxidation sites excluding steroid dienone is 1. The molecule has 1 aliphatic heterocycles. The Balaban J connectivity index is 1.59. The highest BCUT2D eigenvalue weighted by atomic mass is 35.5. The first-order valence-electron chi connectivity index (χ1n) is 13.0. The summed E-state index contributed by atoms with van der Waals surface area (Å²) in [6.45, 7) is 1.59. The van der Waals surface area contributed by atoms with Gasteiger partial charge < -0.3 is 14.2 Å². The van der Waals surface area contributed by atoms with Crippen molar-refractivity contribution in [2.45, 2.75) is 25.7 Å². The van der Waals surface area contributed by atoms with E-state index in [9.17, 15) is 22.8 Å². The molecule has 0 N–H and O–H groups in total. The third-order valence-electron chi connectivity index (χ3n) is 6.50. The van der Waals surface area contributed by atoms with Gasteiger partial charge in [0.15, 0.2) is 22.0 Å². The molecule has 12 heteroatoms. The number of nitrogens with zero attached hydrogens (tertiary/aromatic N) is 2. The highest BCUT2D eigenvalue weighted by molar-refractivity contribution is 7.07. The molecule has 0 radical (unpaired) electrons. The number of carbonyl (C=O) groups excluding carboxylic acids is 1. The van der Waals surface area contributed by atoms with Crippen molar-refractivity contribution in [2.24, 2.45) is 4.99 Å². The van der Waals surface area contributed by atoms with Crippen LogP contribution in [0.15, 0.2) is 93.9 Å². The van der Waals surface area contributed by atoms with E-state index in [2.05, 4.69) is 4.99 Å². The zero-order valence-electron chi connectivity index (χ0n) is 22.9. The van der Waals surface area contributed by atoms with Crippen molar-refractivity contribution >= 4 is 35.0 Å². The minimum absolute atomic E-state index is 0.114. The number of esters is 1. The highest BCUT2D eigenvalue weighted by Crippen LogP contribution is 2.38. The average molecular weight is 629 g/mol. The monoisotopic (exact) mass is 628 g/mol. The van der Waals surface area contributed by atoms with Gasteiger partial charge in [0.25, 0.3) is 5.56 Å². The predicted molar refractivity (Wildman–Crippen MR) is 156 cm³/mol. The maximum Gasteiger partial charge on any atom is 0.434 e. The number of halogens is 4. The Kier molecular flexibility index (Phi) is 8.74. The number of thiazole rings is 1. The van der Waals surface area contributed by atoms with Crippen molar-refractivity contribution < 1.29 is 32.2 Å². The lowest BCUT2D eigenvalue weighted by Gasteiger charge is -2.26. The molecule has 0 saturated carbocycles. The van der Waals surface area contributed by atoms with Crippen LogP contribution in [-0.2, 0) is 16.1 Å². The molecule has 1 atom stereocenters. The molecular weight excluding hydrogens is 605 g/mol. The van der Waals surface area contributed by atoms with Crippen molar-refractivity contribution in [2.75, 3.05) is 13.7 Å². The normalized spacial score (nSPS) is 15.1. The van der Waals surface area contributed by atoms with Crippen molar-refractivity contribution in [1.29, 1.82) is 0 Å². The highest BCUT2D eigenvalue weighted by Gasteiger charge is 2.45. The summed E-state index contributed by atoms with van der Waals surface area (Å²) in [7, 11) is 1.47. The first-order valence-corrected chi connectivity index (χ1v) is 14.2. The fourth-order valence-corrected chi connectivity index (χ4v) is 5.70. The van der Waals surface area contributed by atoms with E-state index in [0.717, 1.165) is 21.5 Å². The Labute approximate surface area is 252 Å². The molecule has 0 spiro atoms. The standard InChI is InChI=1S/C31H24ClF3N2O5S/c1-3-41-29(39)25-26(20-7-5-4-6-8-20)37-28(38)24(43-30(37)36-27(25)31(33,34)35)16-19-11-14-22(23(15-19)40-2)42-17-18-9-12-21(32)13-10-18/h4-16,26H,3,17H2,1-2H3/t26-/m0/s1. The lowest BCUT2D eigenvalue weighted by atomic mass is 9.95. The number of methoxy groups -OCH3 is 1. The zero-order chi connectivity index (χ0) is 30.7. The third kappa shape index (κ3) is 6.37. The molecular formula is C31H24ClF3N2O5S. The fraction of sp³-hybridized carbons (Fsp3) is 0.194. The molecule has 5 rings (SSSR count). The van der Waals surface area contributed by atoms with E-state index in [4.69, 9.17) is 25.8 Å². The van der Waals surface area contributed by atoms with Crippen LogP contribution in [0.3, 0.4) is 0 Å². The van der Waals surface area contributed by atoms with E-state index >= 15 is 0 Å². The summed E-state index contributed by atoms with van der Waals surface area (Å²) in [6.07, 6.45) is -3.45. The summed E-state index contributed by atoms with van der Waals surface area (Å²) in [5.41, 5.74) is -1.01. The smallest absolute Gasteiger partial charge is 0.434 e. The molecule has 0 unspecified atom stereocenters.